The van der Waals surface area contributed by atoms with Crippen LogP contribution in [-0.2, 0) is 0 Å². The van der Waals surface area contributed by atoms with Crippen LogP contribution in [-0.4, -0.2) is 6.04 Å². The van der Waals surface area contributed by atoms with Gasteiger partial charge in [0.2, 0.25) is 0 Å². The molecule has 0 aliphatic rings. The van der Waals surface area contributed by atoms with E-state index >= 15 is 0 Å². The minimum absolute atomic E-state index is 0.436. The van der Waals surface area contributed by atoms with Crippen molar-refractivity contribution in [2.75, 3.05) is 0 Å². The lowest BCUT2D eigenvalue weighted by Gasteiger charge is -2.12. The van der Waals surface area contributed by atoms with Crippen LogP contribution in [0.1, 0.15) is 19.8 Å². The maximum absolute atomic E-state index is 5.71. The molecule has 1 nitrogen and oxygen atoms in total. The first-order chi connectivity index (χ1) is 7.18. The summed E-state index contributed by atoms with van der Waals surface area (Å²) in [6, 6.07) is 10.7. The van der Waals surface area contributed by atoms with Crippen molar-refractivity contribution < 1.29 is 0 Å². The monoisotopic (exact) mass is 241 g/mol. The third-order valence-electron chi connectivity index (χ3n) is 1.97. The van der Waals surface area contributed by atoms with E-state index in [1.807, 2.05) is 18.2 Å². The minimum Gasteiger partial charge on any atom is -0.257 e. The highest BCUT2D eigenvalue weighted by Gasteiger charge is 2.02. The Morgan fingerprint density at radius 2 is 2.13 bits per heavy atom. The van der Waals surface area contributed by atoms with Gasteiger partial charge in [0.15, 0.2) is 0 Å². The molecule has 82 valence electrons. The summed E-state index contributed by atoms with van der Waals surface area (Å²) >= 11 is 7.37. The predicted molar refractivity (Wildman–Crippen MR) is 69.1 cm³/mol. The number of hydrogen-bond donors (Lipinski definition) is 1. The smallest absolute Gasteiger partial charge is 0.0228 e. The lowest BCUT2D eigenvalue weighted by molar-refractivity contribution is 0.634. The van der Waals surface area contributed by atoms with Gasteiger partial charge in [-0.2, -0.15) is 0 Å². The van der Waals surface area contributed by atoms with Crippen molar-refractivity contribution in [3.8, 4) is 0 Å². The molecule has 1 rings (SSSR count). The molecule has 0 saturated heterocycles. The molecular weight excluding hydrogens is 226 g/mol. The standard InChI is InChI=1S/C12H16ClNS/c1-10(13)8-9-11(2)14-15-12-6-4-3-5-7-12/h3-7,11,14H,1,8-9H2,2H3. The van der Waals surface area contributed by atoms with Gasteiger partial charge in [0.1, 0.15) is 0 Å². The zero-order valence-corrected chi connectivity index (χ0v) is 10.4. The van der Waals surface area contributed by atoms with E-state index in [2.05, 4.69) is 30.4 Å². The first-order valence-corrected chi connectivity index (χ1v) is 6.18. The number of rotatable bonds is 6. The number of halogens is 1. The molecule has 0 aromatic heterocycles. The van der Waals surface area contributed by atoms with Crippen molar-refractivity contribution in [1.29, 1.82) is 0 Å². The molecule has 3 heteroatoms. The second-order valence-electron chi connectivity index (χ2n) is 3.49. The zero-order valence-electron chi connectivity index (χ0n) is 8.87. The molecule has 15 heavy (non-hydrogen) atoms. The Morgan fingerprint density at radius 1 is 1.47 bits per heavy atom. The molecule has 0 spiro atoms. The Kier molecular flexibility index (Phi) is 5.84. The van der Waals surface area contributed by atoms with E-state index in [0.717, 1.165) is 17.9 Å². The van der Waals surface area contributed by atoms with Crippen molar-refractivity contribution in [3.05, 3.63) is 41.9 Å². The van der Waals surface area contributed by atoms with Crippen molar-refractivity contribution in [3.63, 3.8) is 0 Å². The fourth-order valence-electron chi connectivity index (χ4n) is 1.09. The molecule has 0 bridgehead atoms. The Morgan fingerprint density at radius 3 is 2.73 bits per heavy atom. The van der Waals surface area contributed by atoms with E-state index in [9.17, 15) is 0 Å². The van der Waals surface area contributed by atoms with Crippen LogP contribution in [0.3, 0.4) is 0 Å². The SMILES string of the molecule is C=C(Cl)CCC(C)NSc1ccccc1. The van der Waals surface area contributed by atoms with Crippen LogP contribution in [0.4, 0.5) is 0 Å². The third kappa shape index (κ3) is 5.88. The average Bonchev–Trinajstić information content (AvgIpc) is 2.25. The zero-order chi connectivity index (χ0) is 11.1. The van der Waals surface area contributed by atoms with Crippen molar-refractivity contribution in [2.45, 2.75) is 30.7 Å². The maximum Gasteiger partial charge on any atom is 0.0228 e. The Bertz CT molecular complexity index is 300. The molecule has 1 aromatic rings. The Labute approximate surface area is 101 Å². The Balaban J connectivity index is 2.22. The van der Waals surface area contributed by atoms with Gasteiger partial charge in [-0.1, -0.05) is 36.4 Å². The van der Waals surface area contributed by atoms with Gasteiger partial charge in [0.25, 0.3) is 0 Å². The predicted octanol–water partition coefficient (Wildman–Crippen LogP) is 4.20. The fraction of sp³-hybridized carbons (Fsp3) is 0.333. The molecule has 0 fully saturated rings. The molecule has 0 heterocycles. The number of nitrogens with one attached hydrogen (secondary N) is 1. The van der Waals surface area contributed by atoms with Crippen LogP contribution in [0, 0.1) is 0 Å². The van der Waals surface area contributed by atoms with Crippen molar-refractivity contribution >= 4 is 23.5 Å². The van der Waals surface area contributed by atoms with Crippen molar-refractivity contribution in [1.82, 2.24) is 4.72 Å². The summed E-state index contributed by atoms with van der Waals surface area (Å²) in [7, 11) is 0. The van der Waals surface area contributed by atoms with Gasteiger partial charge >= 0.3 is 0 Å². The molecule has 0 amide bonds. The minimum atomic E-state index is 0.436. The van der Waals surface area contributed by atoms with Gasteiger partial charge in [0, 0.05) is 16.0 Å². The molecule has 1 N–H and O–H groups in total. The lowest BCUT2D eigenvalue weighted by Crippen LogP contribution is -2.18. The van der Waals surface area contributed by atoms with Crippen LogP contribution < -0.4 is 4.72 Å². The molecule has 0 aliphatic carbocycles. The van der Waals surface area contributed by atoms with Crippen molar-refractivity contribution in [2.24, 2.45) is 0 Å². The molecule has 1 unspecified atom stereocenters. The topological polar surface area (TPSA) is 12.0 Å². The highest BCUT2D eigenvalue weighted by Crippen LogP contribution is 2.16. The normalized spacial score (nSPS) is 12.4. The van der Waals surface area contributed by atoms with Crippen LogP contribution in [0.15, 0.2) is 46.8 Å². The third-order valence-corrected chi connectivity index (χ3v) is 3.19. The van der Waals surface area contributed by atoms with E-state index in [0.29, 0.717) is 6.04 Å². The van der Waals surface area contributed by atoms with Gasteiger partial charge in [0.05, 0.1) is 0 Å². The lowest BCUT2D eigenvalue weighted by atomic mass is 10.2. The van der Waals surface area contributed by atoms with Gasteiger partial charge in [-0.15, -0.1) is 0 Å². The second kappa shape index (κ2) is 6.94. The second-order valence-corrected chi connectivity index (χ2v) is 4.94. The molecule has 1 atom stereocenters. The molecule has 0 aliphatic heterocycles. The fourth-order valence-corrected chi connectivity index (χ4v) is 1.95. The summed E-state index contributed by atoms with van der Waals surface area (Å²) in [5.74, 6) is 0. The van der Waals surface area contributed by atoms with E-state index < -0.39 is 0 Å². The highest BCUT2D eigenvalue weighted by atomic mass is 35.5. The highest BCUT2D eigenvalue weighted by molar-refractivity contribution is 7.97. The van der Waals surface area contributed by atoms with Crippen LogP contribution in [0.25, 0.3) is 0 Å². The first-order valence-electron chi connectivity index (χ1n) is 4.99. The van der Waals surface area contributed by atoms with Gasteiger partial charge in [-0.05, 0) is 43.8 Å². The van der Waals surface area contributed by atoms with Crippen LogP contribution in [0.2, 0.25) is 0 Å². The molecular formula is C12H16ClNS. The van der Waals surface area contributed by atoms with Gasteiger partial charge in [-0.25, -0.2) is 0 Å². The number of benzene rings is 1. The van der Waals surface area contributed by atoms with E-state index in [4.69, 9.17) is 11.6 Å². The largest absolute Gasteiger partial charge is 0.257 e. The summed E-state index contributed by atoms with van der Waals surface area (Å²) < 4.78 is 3.37. The number of hydrogen-bond acceptors (Lipinski definition) is 2. The van der Waals surface area contributed by atoms with Gasteiger partial charge < -0.3 is 0 Å². The maximum atomic E-state index is 5.71. The molecule has 0 saturated carbocycles. The quantitative estimate of drug-likeness (QED) is 0.749. The van der Waals surface area contributed by atoms with Gasteiger partial charge in [-0.3, -0.25) is 4.72 Å². The van der Waals surface area contributed by atoms with Crippen LogP contribution in [0.5, 0.6) is 0 Å². The summed E-state index contributed by atoms with van der Waals surface area (Å²) in [5, 5.41) is 0.730. The van der Waals surface area contributed by atoms with E-state index in [-0.39, 0.29) is 0 Å². The number of allylic oxidation sites excluding steroid dienone is 1. The van der Waals surface area contributed by atoms with E-state index in [1.165, 1.54) is 4.90 Å². The first kappa shape index (κ1) is 12.6. The van der Waals surface area contributed by atoms with E-state index in [1.54, 1.807) is 11.9 Å². The molecule has 1 aromatic carbocycles. The summed E-state index contributed by atoms with van der Waals surface area (Å²) in [6.45, 7) is 5.82. The summed E-state index contributed by atoms with van der Waals surface area (Å²) in [5.41, 5.74) is 0. The Hall–Kier alpha value is -0.440. The average molecular weight is 242 g/mol. The summed E-state index contributed by atoms with van der Waals surface area (Å²) in [6.07, 6.45) is 1.88. The van der Waals surface area contributed by atoms with Crippen LogP contribution >= 0.6 is 23.5 Å². The molecule has 0 radical (unpaired) electrons. The summed E-state index contributed by atoms with van der Waals surface area (Å²) in [4.78, 5) is 1.23.